The van der Waals surface area contributed by atoms with Gasteiger partial charge in [0.15, 0.2) is 5.17 Å². The number of nitrogens with one attached hydrogen (secondary N) is 1. The van der Waals surface area contributed by atoms with Crippen LogP contribution in [0.3, 0.4) is 0 Å². The lowest BCUT2D eigenvalue weighted by Gasteiger charge is -2.04. The molecule has 2 rings (SSSR count). The van der Waals surface area contributed by atoms with Crippen LogP contribution in [0.1, 0.15) is 0 Å². The third kappa shape index (κ3) is 3.94. The maximum absolute atomic E-state index is 10.4. The molecule has 90 valence electrons. The van der Waals surface area contributed by atoms with Crippen molar-refractivity contribution in [2.75, 3.05) is 11.5 Å². The van der Waals surface area contributed by atoms with Gasteiger partial charge in [0.05, 0.1) is 6.04 Å². The molecule has 0 saturated heterocycles. The molecule has 0 aliphatic carbocycles. The van der Waals surface area contributed by atoms with E-state index >= 15 is 0 Å². The van der Waals surface area contributed by atoms with Crippen LogP contribution in [0.15, 0.2) is 34.4 Å². The molecule has 5 nitrogen and oxygen atoms in total. The first-order chi connectivity index (χ1) is 8.24. The van der Waals surface area contributed by atoms with Gasteiger partial charge in [0.1, 0.15) is 0 Å². The van der Waals surface area contributed by atoms with E-state index in [0.29, 0.717) is 5.17 Å². The van der Waals surface area contributed by atoms with Gasteiger partial charge in [-0.1, -0.05) is 11.8 Å². The van der Waals surface area contributed by atoms with Gasteiger partial charge >= 0.3 is 6.09 Å². The van der Waals surface area contributed by atoms with Crippen LogP contribution in [0.5, 0.6) is 0 Å². The fraction of sp³-hybridized carbons (Fsp3) is 0.300. The second-order valence-electron chi connectivity index (χ2n) is 3.32. The highest BCUT2D eigenvalue weighted by molar-refractivity contribution is 8.14. The molecule has 1 unspecified atom stereocenters. The second-order valence-corrected chi connectivity index (χ2v) is 5.43. The van der Waals surface area contributed by atoms with Crippen molar-refractivity contribution in [3.05, 3.63) is 24.5 Å². The summed E-state index contributed by atoms with van der Waals surface area (Å²) >= 11 is 3.15. The van der Waals surface area contributed by atoms with Crippen LogP contribution in [0, 0.1) is 0 Å². The van der Waals surface area contributed by atoms with E-state index < -0.39 is 6.09 Å². The Morgan fingerprint density at radius 3 is 3.06 bits per heavy atom. The number of amides is 1. The van der Waals surface area contributed by atoms with Crippen molar-refractivity contribution in [3.8, 4) is 0 Å². The van der Waals surface area contributed by atoms with Gasteiger partial charge in [-0.2, -0.15) is 0 Å². The zero-order valence-corrected chi connectivity index (χ0v) is 10.5. The summed E-state index contributed by atoms with van der Waals surface area (Å²) in [7, 11) is 0. The first-order valence-electron chi connectivity index (χ1n) is 4.97. The van der Waals surface area contributed by atoms with Gasteiger partial charge in [0, 0.05) is 28.8 Å². The number of pyridine rings is 1. The molecule has 0 bridgehead atoms. The number of nitrogens with zero attached hydrogens (tertiary/aromatic N) is 2. The Morgan fingerprint density at radius 1 is 1.59 bits per heavy atom. The van der Waals surface area contributed by atoms with E-state index in [2.05, 4.69) is 15.3 Å². The maximum atomic E-state index is 10.4. The van der Waals surface area contributed by atoms with E-state index in [4.69, 9.17) is 5.11 Å². The van der Waals surface area contributed by atoms with Gasteiger partial charge in [-0.25, -0.2) is 4.79 Å². The molecule has 1 atom stereocenters. The van der Waals surface area contributed by atoms with Crippen LogP contribution in [0.2, 0.25) is 0 Å². The van der Waals surface area contributed by atoms with E-state index in [1.165, 1.54) is 11.8 Å². The number of carbonyl (C=O) groups is 1. The van der Waals surface area contributed by atoms with Crippen molar-refractivity contribution in [2.45, 2.75) is 10.9 Å². The standard InChI is InChI=1S/C10H11N3O2S2/c14-10(15)13-9-12-7(6-17-9)5-16-8-1-3-11-4-2-8/h1-4,7H,5-6H2,(H,12,13)(H,14,15). The van der Waals surface area contributed by atoms with E-state index in [1.54, 1.807) is 24.2 Å². The number of hydrogen-bond acceptors (Lipinski definition) is 5. The Hall–Kier alpha value is -1.21. The summed E-state index contributed by atoms with van der Waals surface area (Å²) in [6.07, 6.45) is 2.46. The van der Waals surface area contributed by atoms with Gasteiger partial charge in [0.25, 0.3) is 0 Å². The van der Waals surface area contributed by atoms with Crippen LogP contribution >= 0.6 is 23.5 Å². The van der Waals surface area contributed by atoms with Crippen molar-refractivity contribution in [1.29, 1.82) is 0 Å². The molecule has 2 heterocycles. The topological polar surface area (TPSA) is 74.6 Å². The maximum Gasteiger partial charge on any atom is 0.410 e. The minimum atomic E-state index is -1.06. The molecule has 0 fully saturated rings. The lowest BCUT2D eigenvalue weighted by Crippen LogP contribution is -2.25. The van der Waals surface area contributed by atoms with Gasteiger partial charge in [-0.3, -0.25) is 15.3 Å². The molecule has 1 aliphatic heterocycles. The normalized spacial score (nSPS) is 18.8. The fourth-order valence-electron chi connectivity index (χ4n) is 1.29. The SMILES string of the molecule is O=C(O)NC1=NC(CSc2ccncc2)CS1. The zero-order valence-electron chi connectivity index (χ0n) is 8.87. The third-order valence-electron chi connectivity index (χ3n) is 2.02. The Labute approximate surface area is 107 Å². The summed E-state index contributed by atoms with van der Waals surface area (Å²) in [6, 6.07) is 4.07. The molecule has 2 N–H and O–H groups in total. The number of aliphatic imine (C=N–C) groups is 1. The summed E-state index contributed by atoms with van der Waals surface area (Å²) < 4.78 is 0. The number of hydrogen-bond donors (Lipinski definition) is 2. The average molecular weight is 269 g/mol. The first kappa shape index (κ1) is 12.3. The van der Waals surface area contributed by atoms with E-state index in [0.717, 1.165) is 16.4 Å². The summed E-state index contributed by atoms with van der Waals surface area (Å²) in [4.78, 5) is 19.8. The molecular weight excluding hydrogens is 258 g/mol. The average Bonchev–Trinajstić information content (AvgIpc) is 2.75. The summed E-state index contributed by atoms with van der Waals surface area (Å²) in [6.45, 7) is 0. The van der Waals surface area contributed by atoms with Crippen molar-refractivity contribution in [1.82, 2.24) is 10.3 Å². The Bertz CT molecular complexity index is 425. The van der Waals surface area contributed by atoms with E-state index in [9.17, 15) is 4.79 Å². The molecule has 0 spiro atoms. The molecule has 7 heteroatoms. The summed E-state index contributed by atoms with van der Waals surface area (Å²) in [5.74, 6) is 1.68. The van der Waals surface area contributed by atoms with Crippen molar-refractivity contribution in [2.24, 2.45) is 4.99 Å². The van der Waals surface area contributed by atoms with Crippen molar-refractivity contribution >= 4 is 34.8 Å². The monoisotopic (exact) mass is 269 g/mol. The first-order valence-corrected chi connectivity index (χ1v) is 6.94. The Morgan fingerprint density at radius 2 is 2.35 bits per heavy atom. The lowest BCUT2D eigenvalue weighted by molar-refractivity contribution is 0.200. The van der Waals surface area contributed by atoms with Crippen LogP contribution in [-0.2, 0) is 0 Å². The van der Waals surface area contributed by atoms with Gasteiger partial charge in [-0.05, 0) is 12.1 Å². The van der Waals surface area contributed by atoms with Crippen molar-refractivity contribution < 1.29 is 9.90 Å². The Kier molecular flexibility index (Phi) is 4.27. The highest BCUT2D eigenvalue weighted by Crippen LogP contribution is 2.24. The third-order valence-corrected chi connectivity index (χ3v) is 4.21. The highest BCUT2D eigenvalue weighted by Gasteiger charge is 2.19. The number of carboxylic acid groups (broad SMARTS) is 1. The Balaban J connectivity index is 1.81. The quantitative estimate of drug-likeness (QED) is 0.820. The minimum Gasteiger partial charge on any atom is -0.465 e. The lowest BCUT2D eigenvalue weighted by atomic mass is 10.4. The molecule has 1 amide bonds. The van der Waals surface area contributed by atoms with E-state index in [1.807, 2.05) is 12.1 Å². The largest absolute Gasteiger partial charge is 0.465 e. The summed E-state index contributed by atoms with van der Waals surface area (Å²) in [5, 5.41) is 11.3. The molecular formula is C10H11N3O2S2. The minimum absolute atomic E-state index is 0.167. The van der Waals surface area contributed by atoms with Gasteiger partial charge in [0.2, 0.25) is 0 Å². The number of thioether (sulfide) groups is 2. The van der Waals surface area contributed by atoms with Crippen LogP contribution < -0.4 is 5.32 Å². The van der Waals surface area contributed by atoms with Crippen molar-refractivity contribution in [3.63, 3.8) is 0 Å². The number of aromatic nitrogens is 1. The number of rotatable bonds is 3. The molecule has 0 saturated carbocycles. The van der Waals surface area contributed by atoms with Crippen LogP contribution in [0.4, 0.5) is 4.79 Å². The van der Waals surface area contributed by atoms with Gasteiger partial charge in [-0.15, -0.1) is 11.8 Å². The van der Waals surface area contributed by atoms with Gasteiger partial charge < -0.3 is 5.11 Å². The zero-order chi connectivity index (χ0) is 12.1. The highest BCUT2D eigenvalue weighted by atomic mass is 32.2. The second kappa shape index (κ2) is 5.92. The summed E-state index contributed by atoms with van der Waals surface area (Å²) in [5.41, 5.74) is 0. The van der Waals surface area contributed by atoms with Crippen LogP contribution in [-0.4, -0.2) is 38.9 Å². The molecule has 1 aromatic rings. The molecule has 1 aliphatic rings. The molecule has 0 aromatic carbocycles. The molecule has 1 aromatic heterocycles. The number of amidine groups is 1. The van der Waals surface area contributed by atoms with Crippen LogP contribution in [0.25, 0.3) is 0 Å². The smallest absolute Gasteiger partial charge is 0.410 e. The molecule has 0 radical (unpaired) electrons. The predicted octanol–water partition coefficient (Wildman–Crippen LogP) is 1.91. The molecule has 17 heavy (non-hydrogen) atoms. The van der Waals surface area contributed by atoms with E-state index in [-0.39, 0.29) is 6.04 Å². The predicted molar refractivity (Wildman–Crippen MR) is 69.8 cm³/mol. The fourth-order valence-corrected chi connectivity index (χ4v) is 3.25.